The SMILES string of the molecule is C=C(C)[C@@H]1CC[C@]2(NC(=O)CN3CCCCC3C)CC[C@]3(C)[C@H](CC[C@@H]4[C@@]5(C)CC=C(c6ccc(C(=O)O)cc6)C(C)(C)[C@@H]5CC[C@]43C)[C@@H]12. The Kier molecular flexibility index (Phi) is 8.64. The maximum atomic E-state index is 13.9. The molecule has 5 heteroatoms. The second kappa shape index (κ2) is 12.1. The first kappa shape index (κ1) is 35.0. The Morgan fingerprint density at radius 1 is 0.898 bits per heavy atom. The van der Waals surface area contributed by atoms with Gasteiger partial charge in [0.2, 0.25) is 5.91 Å². The predicted molar refractivity (Wildman–Crippen MR) is 199 cm³/mol. The Labute approximate surface area is 296 Å². The molecule has 1 heterocycles. The number of carboxylic acid groups (broad SMARTS) is 1. The largest absolute Gasteiger partial charge is 0.478 e. The highest BCUT2D eigenvalue weighted by Gasteiger charge is 2.70. The first-order valence-electron chi connectivity index (χ1n) is 19.8. The molecule has 268 valence electrons. The molecule has 1 amide bonds. The van der Waals surface area contributed by atoms with Gasteiger partial charge in [-0.1, -0.05) is 71.4 Å². The van der Waals surface area contributed by atoms with Crippen LogP contribution in [0.4, 0.5) is 0 Å². The van der Waals surface area contributed by atoms with E-state index in [0.717, 1.165) is 32.2 Å². The highest BCUT2D eigenvalue weighted by Crippen LogP contribution is 2.76. The zero-order chi connectivity index (χ0) is 35.1. The van der Waals surface area contributed by atoms with Crippen molar-refractivity contribution in [2.45, 2.75) is 137 Å². The van der Waals surface area contributed by atoms with Crippen molar-refractivity contribution in [1.82, 2.24) is 10.2 Å². The predicted octanol–water partition coefficient (Wildman–Crippen LogP) is 9.78. The minimum absolute atomic E-state index is 0.00514. The van der Waals surface area contributed by atoms with Crippen molar-refractivity contribution in [3.8, 4) is 0 Å². The smallest absolute Gasteiger partial charge is 0.335 e. The van der Waals surface area contributed by atoms with E-state index in [9.17, 15) is 14.7 Å². The van der Waals surface area contributed by atoms with Crippen LogP contribution in [0.15, 0.2) is 42.5 Å². The number of fused-ring (bicyclic) bond motifs is 7. The summed E-state index contributed by atoms with van der Waals surface area (Å²) in [6.45, 7) is 23.6. The van der Waals surface area contributed by atoms with E-state index in [1.54, 1.807) is 12.1 Å². The molecule has 10 atom stereocenters. The molecule has 7 rings (SSSR count). The summed E-state index contributed by atoms with van der Waals surface area (Å²) in [6, 6.07) is 8.08. The monoisotopic (exact) mass is 668 g/mol. The Morgan fingerprint density at radius 3 is 2.31 bits per heavy atom. The number of amides is 1. The van der Waals surface area contributed by atoms with Crippen LogP contribution < -0.4 is 5.32 Å². The lowest BCUT2D eigenvalue weighted by atomic mass is 9.33. The van der Waals surface area contributed by atoms with E-state index in [1.807, 2.05) is 12.1 Å². The van der Waals surface area contributed by atoms with Gasteiger partial charge in [0.15, 0.2) is 0 Å². The number of nitrogens with zero attached hydrogens (tertiary/aromatic N) is 1. The molecule has 5 fully saturated rings. The van der Waals surface area contributed by atoms with Gasteiger partial charge in [-0.3, -0.25) is 9.69 Å². The van der Waals surface area contributed by atoms with E-state index in [-0.39, 0.29) is 33.1 Å². The Hall–Kier alpha value is -2.40. The zero-order valence-electron chi connectivity index (χ0n) is 31.7. The highest BCUT2D eigenvalue weighted by molar-refractivity contribution is 5.88. The fourth-order valence-corrected chi connectivity index (χ4v) is 14.2. The fraction of sp³-hybridized carbons (Fsp3) is 0.727. The van der Waals surface area contributed by atoms with E-state index < -0.39 is 5.97 Å². The number of carboxylic acids is 1. The topological polar surface area (TPSA) is 69.6 Å². The Morgan fingerprint density at radius 2 is 1.63 bits per heavy atom. The van der Waals surface area contributed by atoms with Crippen molar-refractivity contribution >= 4 is 17.4 Å². The molecule has 0 bridgehead atoms. The van der Waals surface area contributed by atoms with Gasteiger partial charge in [-0.2, -0.15) is 0 Å². The van der Waals surface area contributed by atoms with Crippen LogP contribution in [0.2, 0.25) is 0 Å². The van der Waals surface area contributed by atoms with Crippen molar-refractivity contribution in [3.05, 3.63) is 53.6 Å². The normalized spacial score (nSPS) is 42.9. The molecule has 1 saturated heterocycles. The first-order chi connectivity index (χ1) is 23.1. The van der Waals surface area contributed by atoms with Gasteiger partial charge < -0.3 is 10.4 Å². The number of allylic oxidation sites excluding steroid dienone is 3. The highest BCUT2D eigenvalue weighted by atomic mass is 16.4. The average molecular weight is 669 g/mol. The van der Waals surface area contributed by atoms with E-state index in [2.05, 4.69) is 71.3 Å². The van der Waals surface area contributed by atoms with Crippen LogP contribution in [0, 0.1) is 51.2 Å². The Bertz CT molecular complexity index is 1530. The molecule has 0 radical (unpaired) electrons. The van der Waals surface area contributed by atoms with Gasteiger partial charge in [0.05, 0.1) is 12.1 Å². The summed E-state index contributed by atoms with van der Waals surface area (Å²) < 4.78 is 0. The summed E-state index contributed by atoms with van der Waals surface area (Å²) in [5.74, 6) is 2.16. The van der Waals surface area contributed by atoms with Crippen molar-refractivity contribution < 1.29 is 14.7 Å². The van der Waals surface area contributed by atoms with Gasteiger partial charge in [-0.15, -0.1) is 0 Å². The lowest BCUT2D eigenvalue weighted by Crippen LogP contribution is -2.68. The third kappa shape index (κ3) is 5.24. The minimum Gasteiger partial charge on any atom is -0.478 e. The van der Waals surface area contributed by atoms with E-state index in [0.29, 0.717) is 47.7 Å². The molecule has 1 aliphatic heterocycles. The molecule has 5 nitrogen and oxygen atoms in total. The number of hydrogen-bond acceptors (Lipinski definition) is 3. The quantitative estimate of drug-likeness (QED) is 0.296. The third-order valence-electron chi connectivity index (χ3n) is 16.8. The molecule has 2 N–H and O–H groups in total. The number of piperidine rings is 1. The molecule has 6 aliphatic rings. The van der Waals surface area contributed by atoms with Crippen LogP contribution >= 0.6 is 0 Å². The average Bonchev–Trinajstić information content (AvgIpc) is 3.42. The van der Waals surface area contributed by atoms with Gasteiger partial charge in [0, 0.05) is 11.6 Å². The number of carbonyl (C=O) groups excluding carboxylic acids is 1. The maximum Gasteiger partial charge on any atom is 0.335 e. The summed E-state index contributed by atoms with van der Waals surface area (Å²) in [6.07, 6.45) is 16.9. The number of hydrogen-bond donors (Lipinski definition) is 2. The summed E-state index contributed by atoms with van der Waals surface area (Å²) >= 11 is 0. The van der Waals surface area contributed by atoms with E-state index >= 15 is 0 Å². The molecular weight excluding hydrogens is 604 g/mol. The number of benzene rings is 1. The van der Waals surface area contributed by atoms with Crippen LogP contribution in [-0.2, 0) is 4.79 Å². The molecular formula is C44H64N2O3. The van der Waals surface area contributed by atoms with Crippen LogP contribution in [0.1, 0.15) is 141 Å². The van der Waals surface area contributed by atoms with Crippen LogP contribution in [0.25, 0.3) is 5.57 Å². The molecule has 0 aromatic heterocycles. The van der Waals surface area contributed by atoms with Crippen molar-refractivity contribution in [3.63, 3.8) is 0 Å². The first-order valence-corrected chi connectivity index (χ1v) is 19.8. The van der Waals surface area contributed by atoms with Gasteiger partial charge >= 0.3 is 5.97 Å². The summed E-state index contributed by atoms with van der Waals surface area (Å²) in [7, 11) is 0. The molecule has 1 unspecified atom stereocenters. The molecule has 49 heavy (non-hydrogen) atoms. The number of rotatable bonds is 6. The standard InChI is InChI=1S/C44H64N2O3/c1-28(2)32-18-23-44(45-37(47)27-46-26-10-9-11-29(46)3)25-24-42(7)34(38(32)44)16-17-36-41(6)21-19-33(30-12-14-31(15-13-30)39(48)49)40(4,5)35(41)20-22-43(36,42)8/h12-15,19,29,32,34-36,38H,1,9-11,16-18,20-27H2,2-8H3,(H,45,47)(H,48,49)/t29?,32-,34+,35-,36+,38+,41-,42+,43+,44-/m0/s1. The van der Waals surface area contributed by atoms with E-state index in [1.165, 1.54) is 68.1 Å². The zero-order valence-corrected chi connectivity index (χ0v) is 31.7. The second-order valence-electron chi connectivity index (χ2n) is 19.1. The van der Waals surface area contributed by atoms with Crippen LogP contribution in [0.3, 0.4) is 0 Å². The van der Waals surface area contributed by atoms with Crippen molar-refractivity contribution in [2.24, 2.45) is 51.2 Å². The third-order valence-corrected chi connectivity index (χ3v) is 16.8. The molecule has 0 spiro atoms. The van der Waals surface area contributed by atoms with Crippen LogP contribution in [-0.4, -0.2) is 46.6 Å². The number of aromatic carboxylic acids is 1. The number of carbonyl (C=O) groups is 2. The number of nitrogens with one attached hydrogen (secondary N) is 1. The minimum atomic E-state index is -0.867. The van der Waals surface area contributed by atoms with Gasteiger partial charge in [0.1, 0.15) is 0 Å². The van der Waals surface area contributed by atoms with Crippen molar-refractivity contribution in [2.75, 3.05) is 13.1 Å². The van der Waals surface area contributed by atoms with Crippen LogP contribution in [0.5, 0.6) is 0 Å². The van der Waals surface area contributed by atoms with E-state index in [4.69, 9.17) is 0 Å². The lowest BCUT2D eigenvalue weighted by molar-refractivity contribution is -0.219. The van der Waals surface area contributed by atoms with Gasteiger partial charge in [-0.05, 0) is 166 Å². The molecule has 4 saturated carbocycles. The fourth-order valence-electron chi connectivity index (χ4n) is 14.2. The molecule has 5 aliphatic carbocycles. The number of likely N-dealkylation sites (tertiary alicyclic amines) is 1. The second-order valence-corrected chi connectivity index (χ2v) is 19.1. The molecule has 1 aromatic carbocycles. The summed E-state index contributed by atoms with van der Waals surface area (Å²) in [5.41, 5.74) is 4.82. The Balaban J connectivity index is 1.18. The van der Waals surface area contributed by atoms with Gasteiger partial charge in [0.25, 0.3) is 0 Å². The summed E-state index contributed by atoms with van der Waals surface area (Å²) in [4.78, 5) is 27.9. The lowest BCUT2D eigenvalue weighted by Gasteiger charge is -2.72. The molecule has 1 aromatic rings. The van der Waals surface area contributed by atoms with Crippen molar-refractivity contribution in [1.29, 1.82) is 0 Å². The summed E-state index contributed by atoms with van der Waals surface area (Å²) in [5, 5.41) is 13.3. The maximum absolute atomic E-state index is 13.9. The van der Waals surface area contributed by atoms with Gasteiger partial charge in [-0.25, -0.2) is 4.79 Å².